The van der Waals surface area contributed by atoms with Gasteiger partial charge < -0.3 is 4.90 Å². The van der Waals surface area contributed by atoms with Gasteiger partial charge in [-0.2, -0.15) is 0 Å². The summed E-state index contributed by atoms with van der Waals surface area (Å²) in [6, 6.07) is 0. The molecule has 6 heteroatoms. The first-order chi connectivity index (χ1) is 13.6. The Morgan fingerprint density at radius 2 is 2.04 bits per heavy atom. The zero-order valence-corrected chi connectivity index (χ0v) is 17.5. The first kappa shape index (κ1) is 18.3. The minimum absolute atomic E-state index is 0.0297. The van der Waals surface area contributed by atoms with Crippen molar-refractivity contribution in [3.63, 3.8) is 0 Å². The highest BCUT2D eigenvalue weighted by atomic mass is 32.1. The third-order valence-electron chi connectivity index (χ3n) is 7.23. The first-order valence-electron chi connectivity index (χ1n) is 10.9. The molecule has 0 aromatic carbocycles. The molecule has 0 radical (unpaired) electrons. The molecule has 0 spiro atoms. The molecule has 1 saturated carbocycles. The predicted octanol–water partition coefficient (Wildman–Crippen LogP) is 3.62. The second-order valence-electron chi connectivity index (χ2n) is 9.14. The van der Waals surface area contributed by atoms with Gasteiger partial charge >= 0.3 is 0 Å². The molecule has 3 aliphatic rings. The number of fused-ring (bicyclic) bond motifs is 4. The fraction of sp³-hybridized carbons (Fsp3) is 0.682. The number of nitrogens with zero attached hydrogens (tertiary/aromatic N) is 3. The summed E-state index contributed by atoms with van der Waals surface area (Å²) in [6.07, 6.45) is 11.1. The van der Waals surface area contributed by atoms with Crippen LogP contribution in [0, 0.1) is 17.8 Å². The number of piperidine rings is 1. The summed E-state index contributed by atoms with van der Waals surface area (Å²) in [5.74, 6) is 2.21. The van der Waals surface area contributed by atoms with E-state index in [0.29, 0.717) is 11.8 Å². The van der Waals surface area contributed by atoms with Crippen LogP contribution < -0.4 is 5.56 Å². The highest BCUT2D eigenvalue weighted by Gasteiger charge is 2.33. The lowest BCUT2D eigenvalue weighted by atomic mass is 9.75. The quantitative estimate of drug-likeness (QED) is 0.775. The Hall–Kier alpha value is -1.69. The van der Waals surface area contributed by atoms with Crippen LogP contribution in [0.3, 0.4) is 0 Å². The lowest BCUT2D eigenvalue weighted by Gasteiger charge is -2.41. The lowest BCUT2D eigenvalue weighted by molar-refractivity contribution is -0.135. The van der Waals surface area contributed by atoms with Crippen molar-refractivity contribution in [1.29, 1.82) is 0 Å². The number of hydrogen-bond donors (Lipinski definition) is 0. The summed E-state index contributed by atoms with van der Waals surface area (Å²) in [4.78, 5) is 34.8. The van der Waals surface area contributed by atoms with Crippen LogP contribution in [0.25, 0.3) is 10.2 Å². The first-order valence-corrected chi connectivity index (χ1v) is 11.7. The molecule has 5 rings (SSSR count). The van der Waals surface area contributed by atoms with Crippen LogP contribution in [0.5, 0.6) is 0 Å². The second-order valence-corrected chi connectivity index (χ2v) is 10.2. The Morgan fingerprint density at radius 3 is 2.89 bits per heavy atom. The Balaban J connectivity index is 1.37. The van der Waals surface area contributed by atoms with Gasteiger partial charge in [-0.15, -0.1) is 11.3 Å². The van der Waals surface area contributed by atoms with E-state index in [9.17, 15) is 9.59 Å². The van der Waals surface area contributed by atoms with Gasteiger partial charge in [0.1, 0.15) is 11.4 Å². The highest BCUT2D eigenvalue weighted by molar-refractivity contribution is 7.18. The Morgan fingerprint density at radius 1 is 1.21 bits per heavy atom. The molecule has 150 valence electrons. The molecule has 28 heavy (non-hydrogen) atoms. The average molecular weight is 400 g/mol. The summed E-state index contributed by atoms with van der Waals surface area (Å²) >= 11 is 1.67. The summed E-state index contributed by atoms with van der Waals surface area (Å²) in [6.45, 7) is 4.11. The molecule has 2 fully saturated rings. The van der Waals surface area contributed by atoms with Crippen LogP contribution in [0.1, 0.15) is 55.9 Å². The topological polar surface area (TPSA) is 55.2 Å². The summed E-state index contributed by atoms with van der Waals surface area (Å²) in [5.41, 5.74) is 1.17. The van der Waals surface area contributed by atoms with Crippen molar-refractivity contribution in [2.45, 2.75) is 64.8 Å². The van der Waals surface area contributed by atoms with Crippen LogP contribution in [-0.2, 0) is 24.2 Å². The number of rotatable bonds is 2. The van der Waals surface area contributed by atoms with Crippen molar-refractivity contribution in [3.05, 3.63) is 27.1 Å². The van der Waals surface area contributed by atoms with Crippen molar-refractivity contribution in [2.75, 3.05) is 13.1 Å². The molecule has 1 aliphatic heterocycles. The summed E-state index contributed by atoms with van der Waals surface area (Å²) < 4.78 is 1.54. The van der Waals surface area contributed by atoms with E-state index in [1.807, 2.05) is 4.90 Å². The predicted molar refractivity (Wildman–Crippen MR) is 112 cm³/mol. The van der Waals surface area contributed by atoms with Gasteiger partial charge in [0.2, 0.25) is 5.91 Å². The second kappa shape index (κ2) is 7.29. The molecule has 1 saturated heterocycles. The summed E-state index contributed by atoms with van der Waals surface area (Å²) in [7, 11) is 0. The van der Waals surface area contributed by atoms with Crippen molar-refractivity contribution in [1.82, 2.24) is 14.5 Å². The highest BCUT2D eigenvalue weighted by Crippen LogP contribution is 2.37. The van der Waals surface area contributed by atoms with E-state index >= 15 is 0 Å². The Kier molecular flexibility index (Phi) is 4.77. The van der Waals surface area contributed by atoms with Gasteiger partial charge in [-0.05, 0) is 55.4 Å². The molecular formula is C22H29N3O2S. The van der Waals surface area contributed by atoms with Crippen LogP contribution in [0.4, 0.5) is 0 Å². The third kappa shape index (κ3) is 3.19. The van der Waals surface area contributed by atoms with Gasteiger partial charge in [-0.25, -0.2) is 4.98 Å². The molecule has 1 amide bonds. The number of carbonyl (C=O) groups is 1. The molecular weight excluding hydrogens is 370 g/mol. The number of hydrogen-bond acceptors (Lipinski definition) is 4. The zero-order chi connectivity index (χ0) is 19.3. The molecule has 3 heterocycles. The van der Waals surface area contributed by atoms with Crippen LogP contribution in [0.2, 0.25) is 0 Å². The number of thiophene rings is 1. The van der Waals surface area contributed by atoms with E-state index in [0.717, 1.165) is 54.9 Å². The molecule has 3 atom stereocenters. The van der Waals surface area contributed by atoms with Crippen LogP contribution in [-0.4, -0.2) is 33.4 Å². The normalized spacial score (nSPS) is 27.5. The average Bonchev–Trinajstić information content (AvgIpc) is 3.07. The number of likely N-dealkylation sites (tertiary alicyclic amines) is 1. The Bertz CT molecular complexity index is 963. The largest absolute Gasteiger partial charge is 0.341 e. The molecule has 0 N–H and O–H groups in total. The van der Waals surface area contributed by atoms with Crippen LogP contribution in [0.15, 0.2) is 11.1 Å². The molecule has 2 aliphatic carbocycles. The molecule has 2 aromatic heterocycles. The van der Waals surface area contributed by atoms with E-state index in [4.69, 9.17) is 0 Å². The Labute approximate surface area is 169 Å². The maximum atomic E-state index is 13.1. The standard InChI is InChI=1S/C22H29N3O2S/c1-14-6-7-17-18(10-14)28-21-20(17)22(27)25(13-23-21)12-19(26)24-9-8-15-4-2-3-5-16(15)11-24/h13-16H,2-12H2,1H3/t14-,15+,16-/m1/s1. The fourth-order valence-corrected chi connectivity index (χ4v) is 6.89. The third-order valence-corrected chi connectivity index (χ3v) is 8.39. The molecule has 5 nitrogen and oxygen atoms in total. The van der Waals surface area contributed by atoms with E-state index in [1.54, 1.807) is 22.2 Å². The number of carbonyl (C=O) groups excluding carboxylic acids is 1. The minimum Gasteiger partial charge on any atom is -0.341 e. The van der Waals surface area contributed by atoms with Crippen LogP contribution >= 0.6 is 11.3 Å². The van der Waals surface area contributed by atoms with E-state index in [-0.39, 0.29) is 18.0 Å². The van der Waals surface area contributed by atoms with Gasteiger partial charge in [0.25, 0.3) is 5.56 Å². The minimum atomic E-state index is -0.0297. The van der Waals surface area contributed by atoms with Crippen molar-refractivity contribution in [3.8, 4) is 0 Å². The number of aryl methyl sites for hydroxylation is 1. The maximum Gasteiger partial charge on any atom is 0.262 e. The molecule has 2 aromatic rings. The number of aromatic nitrogens is 2. The van der Waals surface area contributed by atoms with Gasteiger partial charge in [0.15, 0.2) is 0 Å². The van der Waals surface area contributed by atoms with Gasteiger partial charge in [0, 0.05) is 18.0 Å². The van der Waals surface area contributed by atoms with Crippen molar-refractivity contribution < 1.29 is 4.79 Å². The van der Waals surface area contributed by atoms with E-state index in [1.165, 1.54) is 36.1 Å². The van der Waals surface area contributed by atoms with Gasteiger partial charge in [-0.1, -0.05) is 26.2 Å². The van der Waals surface area contributed by atoms with Gasteiger partial charge in [0.05, 0.1) is 11.7 Å². The molecule has 0 bridgehead atoms. The van der Waals surface area contributed by atoms with Crippen molar-refractivity contribution in [2.24, 2.45) is 17.8 Å². The van der Waals surface area contributed by atoms with Gasteiger partial charge in [-0.3, -0.25) is 14.2 Å². The zero-order valence-electron chi connectivity index (χ0n) is 16.7. The lowest BCUT2D eigenvalue weighted by Crippen LogP contribution is -2.46. The summed E-state index contributed by atoms with van der Waals surface area (Å²) in [5, 5.41) is 0.771. The maximum absolute atomic E-state index is 13.1. The molecule has 0 unspecified atom stereocenters. The number of amides is 1. The monoisotopic (exact) mass is 399 g/mol. The van der Waals surface area contributed by atoms with Crippen molar-refractivity contribution >= 4 is 27.5 Å². The van der Waals surface area contributed by atoms with E-state index < -0.39 is 0 Å². The smallest absolute Gasteiger partial charge is 0.262 e. The SMILES string of the molecule is C[C@@H]1CCc2c(sc3ncn(CC(=O)N4CC[C@@H]5CCCC[C@@H]5C4)c(=O)c23)C1. The van der Waals surface area contributed by atoms with E-state index in [2.05, 4.69) is 11.9 Å². The fourth-order valence-electron chi connectivity index (χ4n) is 5.55.